The maximum absolute atomic E-state index is 12.4. The lowest BCUT2D eigenvalue weighted by Gasteiger charge is -2.12. The zero-order valence-corrected chi connectivity index (χ0v) is 41.6. The van der Waals surface area contributed by atoms with Gasteiger partial charge in [0.1, 0.15) is 40.4 Å². The number of carbonyl (C=O) groups excluding carboxylic acids is 4. The fourth-order valence-electron chi connectivity index (χ4n) is 7.45. The van der Waals surface area contributed by atoms with Crippen molar-refractivity contribution in [3.05, 3.63) is 248 Å². The highest BCUT2D eigenvalue weighted by molar-refractivity contribution is 6.17. The number of benzene rings is 8. The molecule has 20 nitrogen and oxygen atoms in total. The molecule has 0 aliphatic carbocycles. The van der Waals surface area contributed by atoms with E-state index >= 15 is 0 Å². The number of aliphatic hydroxyl groups excluding tert-OH is 2. The second kappa shape index (κ2) is 27.7. The molecule has 20 heteroatoms. The van der Waals surface area contributed by atoms with Crippen molar-refractivity contribution in [3.8, 4) is 34.5 Å². The Morgan fingerprint density at radius 3 is 1.27 bits per heavy atom. The lowest BCUT2D eigenvalue weighted by Crippen LogP contribution is -2.23. The predicted molar refractivity (Wildman–Crippen MR) is 284 cm³/mol. The van der Waals surface area contributed by atoms with E-state index in [4.69, 9.17) is 30.6 Å². The third-order valence-electron chi connectivity index (χ3n) is 11.5. The standard InChI is InChI=1S/2C16H14O5.2C14H10O5/c17-12-5-1-10(2-6-12)9-14(19)15(16(20)21)11-3-7-13(18)8-4-11;17-8-10-1-4-12(5-2-10)15(19)14-7-11(9-18)3-6-13(14)16(20)21;15-9-3-1-8(2-4-9)13(17)12-7-10(16)5-6-11(12)14(18)19;15-9-4-1-3-8(7-9)13(17)12-10(14(18)19)5-2-6-11(12)16/h1-8,15,17-18H,9H2,(H,20,21);1-7,17-18H,8-9H2,(H,20,21);2*1-7,15-16H,(H,18,19). The molecule has 0 heterocycles. The van der Waals surface area contributed by atoms with Crippen LogP contribution in [0, 0.1) is 0 Å². The fourth-order valence-corrected chi connectivity index (χ4v) is 7.45. The molecular formula is C60H48O20. The molecule has 0 radical (unpaired) electrons. The van der Waals surface area contributed by atoms with Crippen LogP contribution in [0.25, 0.3) is 0 Å². The highest BCUT2D eigenvalue weighted by atomic mass is 16.4. The van der Waals surface area contributed by atoms with Gasteiger partial charge in [0.2, 0.25) is 0 Å². The Balaban J connectivity index is 0.000000196. The number of phenolic OH excluding ortho intramolecular Hbond substituents is 6. The summed E-state index contributed by atoms with van der Waals surface area (Å²) >= 11 is 0. The monoisotopic (exact) mass is 1090 g/mol. The fraction of sp³-hybridized carbons (Fsp3) is 0.0667. The summed E-state index contributed by atoms with van der Waals surface area (Å²) in [6.45, 7) is -0.404. The Hall–Kier alpha value is -11.0. The van der Waals surface area contributed by atoms with Crippen LogP contribution in [-0.2, 0) is 29.2 Å². The number of carboxylic acid groups (broad SMARTS) is 4. The molecule has 0 aliphatic heterocycles. The van der Waals surface area contributed by atoms with Gasteiger partial charge in [0.05, 0.1) is 35.5 Å². The first-order valence-corrected chi connectivity index (χ1v) is 23.4. The zero-order chi connectivity index (χ0) is 58.8. The summed E-state index contributed by atoms with van der Waals surface area (Å²) in [5.74, 6) is -8.97. The van der Waals surface area contributed by atoms with Gasteiger partial charge in [-0.05, 0) is 125 Å². The molecule has 0 aliphatic rings. The number of aromatic hydroxyl groups is 6. The predicted octanol–water partition coefficient (Wildman–Crippen LogP) is 7.73. The molecule has 0 fully saturated rings. The van der Waals surface area contributed by atoms with E-state index in [1.807, 2.05) is 0 Å². The molecule has 80 heavy (non-hydrogen) atoms. The SMILES string of the molecule is O=C(O)C(C(=O)Cc1ccc(O)cc1)c1ccc(O)cc1.O=C(O)c1ccc(CO)cc1C(=O)c1ccc(CO)cc1.O=C(O)c1ccc(O)cc1C(=O)c1ccc(O)cc1.O=C(O)c1cccc(O)c1C(=O)c1cccc(O)c1. The normalized spacial score (nSPS) is 10.6. The van der Waals surface area contributed by atoms with Gasteiger partial charge in [0.15, 0.2) is 23.1 Å². The third kappa shape index (κ3) is 16.0. The van der Waals surface area contributed by atoms with Crippen LogP contribution in [-0.4, -0.2) is 108 Å². The van der Waals surface area contributed by atoms with Crippen LogP contribution in [0.1, 0.15) is 107 Å². The van der Waals surface area contributed by atoms with E-state index in [9.17, 15) is 69.0 Å². The summed E-state index contributed by atoms with van der Waals surface area (Å²) in [6.07, 6.45) is -0.0435. The summed E-state index contributed by atoms with van der Waals surface area (Å²) in [5.41, 5.74) is 1.80. The number of rotatable bonds is 16. The minimum absolute atomic E-state index is 0.00548. The Labute approximate surface area is 453 Å². The van der Waals surface area contributed by atoms with E-state index in [0.717, 1.165) is 6.07 Å². The van der Waals surface area contributed by atoms with Gasteiger partial charge in [0.25, 0.3) is 0 Å². The molecule has 0 aromatic heterocycles. The van der Waals surface area contributed by atoms with E-state index in [1.165, 1.54) is 146 Å². The molecule has 0 spiro atoms. The maximum Gasteiger partial charge on any atom is 0.336 e. The lowest BCUT2D eigenvalue weighted by atomic mass is 9.91. The van der Waals surface area contributed by atoms with Crippen molar-refractivity contribution >= 4 is 47.0 Å². The summed E-state index contributed by atoms with van der Waals surface area (Å²) in [6, 6.07) is 40.2. The average molecular weight is 1090 g/mol. The van der Waals surface area contributed by atoms with Gasteiger partial charge in [0, 0.05) is 34.2 Å². The number of carboxylic acids is 4. The molecule has 8 aromatic rings. The van der Waals surface area contributed by atoms with E-state index in [2.05, 4.69) is 0 Å². The van der Waals surface area contributed by atoms with Gasteiger partial charge in [-0.25, -0.2) is 14.4 Å². The molecule has 1 unspecified atom stereocenters. The van der Waals surface area contributed by atoms with Crippen LogP contribution < -0.4 is 0 Å². The van der Waals surface area contributed by atoms with E-state index < -0.39 is 58.7 Å². The molecule has 8 rings (SSSR count). The number of aliphatic hydroxyl groups is 2. The third-order valence-corrected chi connectivity index (χ3v) is 11.5. The number of carbonyl (C=O) groups is 8. The van der Waals surface area contributed by atoms with Crippen molar-refractivity contribution in [2.75, 3.05) is 0 Å². The molecule has 0 bridgehead atoms. The zero-order valence-electron chi connectivity index (χ0n) is 41.6. The van der Waals surface area contributed by atoms with Gasteiger partial charge in [-0.15, -0.1) is 0 Å². The van der Waals surface area contributed by atoms with E-state index in [1.54, 1.807) is 24.3 Å². The number of hydrogen-bond acceptors (Lipinski definition) is 16. The number of aliphatic carboxylic acids is 1. The first-order chi connectivity index (χ1) is 38.0. The van der Waals surface area contributed by atoms with Gasteiger partial charge in [-0.2, -0.15) is 0 Å². The second-order valence-electron chi connectivity index (χ2n) is 17.0. The quantitative estimate of drug-likeness (QED) is 0.0325. The van der Waals surface area contributed by atoms with Crippen LogP contribution in [0.4, 0.5) is 0 Å². The molecule has 1 atom stereocenters. The van der Waals surface area contributed by atoms with Gasteiger partial charge >= 0.3 is 23.9 Å². The summed E-state index contributed by atoms with van der Waals surface area (Å²) < 4.78 is 0. The van der Waals surface area contributed by atoms with Crippen molar-refractivity contribution in [2.45, 2.75) is 25.6 Å². The summed E-state index contributed by atoms with van der Waals surface area (Å²) in [7, 11) is 0. The molecule has 0 saturated carbocycles. The minimum Gasteiger partial charge on any atom is -0.508 e. The number of Topliss-reactive ketones (excluding diaryl/α,β-unsaturated/α-hetero) is 1. The van der Waals surface area contributed by atoms with Gasteiger partial charge < -0.3 is 61.3 Å². The number of ketones is 4. The summed E-state index contributed by atoms with van der Waals surface area (Å²) in [4.78, 5) is 93.7. The van der Waals surface area contributed by atoms with Gasteiger partial charge in [-0.3, -0.25) is 24.0 Å². The summed E-state index contributed by atoms with van der Waals surface area (Å²) in [5, 5.41) is 111. The molecule has 8 aromatic carbocycles. The van der Waals surface area contributed by atoms with Crippen molar-refractivity contribution in [2.24, 2.45) is 0 Å². The maximum atomic E-state index is 12.4. The van der Waals surface area contributed by atoms with Crippen LogP contribution >= 0.6 is 0 Å². The molecular weight excluding hydrogens is 1040 g/mol. The van der Waals surface area contributed by atoms with Crippen molar-refractivity contribution < 1.29 is 99.6 Å². The van der Waals surface area contributed by atoms with Crippen molar-refractivity contribution in [3.63, 3.8) is 0 Å². The first kappa shape index (κ1) is 59.9. The average Bonchev–Trinajstić information content (AvgIpc) is 3.48. The number of phenols is 6. The molecule has 408 valence electrons. The Morgan fingerprint density at radius 1 is 0.350 bits per heavy atom. The van der Waals surface area contributed by atoms with Gasteiger partial charge in [-0.1, -0.05) is 72.8 Å². The lowest BCUT2D eigenvalue weighted by molar-refractivity contribution is -0.142. The van der Waals surface area contributed by atoms with E-state index in [0.29, 0.717) is 27.8 Å². The van der Waals surface area contributed by atoms with Crippen LogP contribution in [0.3, 0.4) is 0 Å². The van der Waals surface area contributed by atoms with Crippen molar-refractivity contribution in [1.29, 1.82) is 0 Å². The molecule has 0 amide bonds. The highest BCUT2D eigenvalue weighted by Crippen LogP contribution is 2.27. The highest BCUT2D eigenvalue weighted by Gasteiger charge is 2.28. The number of aromatic carboxylic acids is 3. The Kier molecular flexibility index (Phi) is 20.8. The topological polar surface area (TPSA) is 379 Å². The smallest absolute Gasteiger partial charge is 0.336 e. The second-order valence-corrected chi connectivity index (χ2v) is 17.0. The van der Waals surface area contributed by atoms with E-state index in [-0.39, 0.29) is 92.9 Å². The van der Waals surface area contributed by atoms with Crippen LogP contribution in [0.5, 0.6) is 34.5 Å². The minimum atomic E-state index is -1.31. The first-order valence-electron chi connectivity index (χ1n) is 23.4. The van der Waals surface area contributed by atoms with Crippen molar-refractivity contribution in [1.82, 2.24) is 0 Å². The van der Waals surface area contributed by atoms with Crippen LogP contribution in [0.2, 0.25) is 0 Å². The molecule has 12 N–H and O–H groups in total. The largest absolute Gasteiger partial charge is 0.508 e. The Morgan fingerprint density at radius 2 is 0.775 bits per heavy atom. The number of hydrogen-bond donors (Lipinski definition) is 12. The Bertz CT molecular complexity index is 3570. The molecule has 0 saturated heterocycles. The van der Waals surface area contributed by atoms with Crippen LogP contribution in [0.15, 0.2) is 176 Å².